The molecule has 2 N–H and O–H groups in total. The Morgan fingerprint density at radius 3 is 2.48 bits per heavy atom. The fourth-order valence-corrected chi connectivity index (χ4v) is 4.26. The van der Waals surface area contributed by atoms with Crippen LogP contribution < -0.4 is 15.0 Å². The van der Waals surface area contributed by atoms with Crippen LogP contribution in [-0.2, 0) is 6.54 Å². The fourth-order valence-electron chi connectivity index (χ4n) is 3.19. The Labute approximate surface area is 171 Å². The molecule has 1 fully saturated rings. The minimum atomic E-state index is 0.896. The Balaban J connectivity index is 1.33. The van der Waals surface area contributed by atoms with Crippen molar-refractivity contribution >= 4 is 29.1 Å². The number of methoxy groups -OCH3 is 1. The predicted octanol–water partition coefficient (Wildman–Crippen LogP) is 2.06. The van der Waals surface area contributed by atoms with E-state index in [4.69, 9.17) is 17.0 Å². The average molecular weight is 403 g/mol. The third-order valence-corrected chi connectivity index (χ3v) is 6.18. The molecule has 1 heterocycles. The summed E-state index contributed by atoms with van der Waals surface area (Å²) in [5, 5.41) is 4.31. The van der Waals surface area contributed by atoms with Gasteiger partial charge in [-0.3, -0.25) is 0 Å². The van der Waals surface area contributed by atoms with Crippen LogP contribution in [0.4, 0.5) is 0 Å². The van der Waals surface area contributed by atoms with Crippen molar-refractivity contribution in [2.45, 2.75) is 11.4 Å². The van der Waals surface area contributed by atoms with Gasteiger partial charge in [-0.15, -0.1) is 11.8 Å². The van der Waals surface area contributed by atoms with Crippen LogP contribution in [0, 0.1) is 0 Å². The van der Waals surface area contributed by atoms with Gasteiger partial charge < -0.3 is 19.9 Å². The Bertz CT molecular complexity index is 701. The number of hydrogen-bond acceptors (Lipinski definition) is 3. The Morgan fingerprint density at radius 1 is 1.11 bits per heavy atom. The molecule has 0 aromatic heterocycles. The number of quaternary nitrogens is 1. The number of rotatable bonds is 7. The first kappa shape index (κ1) is 20.0. The van der Waals surface area contributed by atoms with Crippen LogP contribution in [0.1, 0.15) is 5.56 Å². The summed E-state index contributed by atoms with van der Waals surface area (Å²) in [5.74, 6) is 1.94. The largest absolute Gasteiger partial charge is 0.497 e. The molecular weight excluding hydrogens is 374 g/mol. The summed E-state index contributed by atoms with van der Waals surface area (Å²) in [6.07, 6.45) is 0. The van der Waals surface area contributed by atoms with Crippen molar-refractivity contribution in [2.75, 3.05) is 45.6 Å². The highest BCUT2D eigenvalue weighted by molar-refractivity contribution is 7.99. The van der Waals surface area contributed by atoms with E-state index in [1.165, 1.54) is 10.5 Å². The van der Waals surface area contributed by atoms with E-state index in [9.17, 15) is 0 Å². The molecule has 0 unspecified atom stereocenters. The zero-order chi connectivity index (χ0) is 18.9. The van der Waals surface area contributed by atoms with Gasteiger partial charge in [-0.2, -0.15) is 0 Å². The van der Waals surface area contributed by atoms with Crippen molar-refractivity contribution in [3.05, 3.63) is 60.2 Å². The van der Waals surface area contributed by atoms with E-state index in [1.807, 2.05) is 30.0 Å². The van der Waals surface area contributed by atoms with E-state index in [0.717, 1.165) is 55.9 Å². The number of thioether (sulfide) groups is 1. The molecule has 0 bridgehead atoms. The highest BCUT2D eigenvalue weighted by Gasteiger charge is 2.21. The lowest BCUT2D eigenvalue weighted by Crippen LogP contribution is -3.13. The lowest BCUT2D eigenvalue weighted by atomic mass is 10.2. The van der Waals surface area contributed by atoms with Crippen LogP contribution in [0.5, 0.6) is 5.75 Å². The summed E-state index contributed by atoms with van der Waals surface area (Å²) in [6, 6.07) is 18.9. The molecule has 27 heavy (non-hydrogen) atoms. The Morgan fingerprint density at radius 2 is 1.81 bits per heavy atom. The summed E-state index contributed by atoms with van der Waals surface area (Å²) < 4.78 is 5.23. The highest BCUT2D eigenvalue weighted by atomic mass is 32.2. The molecule has 1 saturated heterocycles. The Hall–Kier alpha value is -1.76. The van der Waals surface area contributed by atoms with Crippen molar-refractivity contribution in [2.24, 2.45) is 0 Å². The van der Waals surface area contributed by atoms with E-state index in [-0.39, 0.29) is 0 Å². The second-order valence-corrected chi connectivity index (χ2v) is 8.21. The molecule has 2 aromatic carbocycles. The molecule has 0 atom stereocenters. The van der Waals surface area contributed by atoms with E-state index in [1.54, 1.807) is 12.0 Å². The monoisotopic (exact) mass is 402 g/mol. The predicted molar refractivity (Wildman–Crippen MR) is 117 cm³/mol. The maximum Gasteiger partial charge on any atom is 0.169 e. The standard InChI is InChI=1S/C21H27N3OS2/c1-25-19-9-7-18(8-10-19)17-23-12-14-24(15-13-23)21(26)22-11-16-27-20-5-3-2-4-6-20/h2-10H,11-17H2,1H3,(H,22,26)/p+1. The maximum atomic E-state index is 5.58. The second-order valence-electron chi connectivity index (χ2n) is 6.66. The van der Waals surface area contributed by atoms with Gasteiger partial charge in [0, 0.05) is 22.8 Å². The first-order chi connectivity index (χ1) is 13.2. The second kappa shape index (κ2) is 10.5. The van der Waals surface area contributed by atoms with Crippen LogP contribution in [0.25, 0.3) is 0 Å². The van der Waals surface area contributed by atoms with Gasteiger partial charge in [-0.25, -0.2) is 0 Å². The minimum Gasteiger partial charge on any atom is -0.497 e. The highest BCUT2D eigenvalue weighted by Crippen LogP contribution is 2.15. The van der Waals surface area contributed by atoms with Gasteiger partial charge in [-0.1, -0.05) is 18.2 Å². The summed E-state index contributed by atoms with van der Waals surface area (Å²) in [7, 11) is 1.71. The summed E-state index contributed by atoms with van der Waals surface area (Å²) in [4.78, 5) is 5.22. The molecule has 1 aliphatic rings. The van der Waals surface area contributed by atoms with E-state index >= 15 is 0 Å². The molecule has 3 rings (SSSR count). The minimum absolute atomic E-state index is 0.896. The summed E-state index contributed by atoms with van der Waals surface area (Å²) >= 11 is 7.44. The van der Waals surface area contributed by atoms with Crippen molar-refractivity contribution < 1.29 is 9.64 Å². The van der Waals surface area contributed by atoms with Crippen molar-refractivity contribution in [1.29, 1.82) is 0 Å². The number of benzene rings is 2. The van der Waals surface area contributed by atoms with E-state index < -0.39 is 0 Å². The molecule has 6 heteroatoms. The first-order valence-corrected chi connectivity index (χ1v) is 10.8. The smallest absolute Gasteiger partial charge is 0.169 e. The maximum absolute atomic E-state index is 5.58. The molecule has 4 nitrogen and oxygen atoms in total. The molecule has 0 amide bonds. The van der Waals surface area contributed by atoms with Crippen molar-refractivity contribution in [3.8, 4) is 5.75 Å². The van der Waals surface area contributed by atoms with Gasteiger partial charge in [0.2, 0.25) is 0 Å². The third kappa shape index (κ3) is 6.41. The molecule has 2 aromatic rings. The van der Waals surface area contributed by atoms with Crippen LogP contribution in [0.3, 0.4) is 0 Å². The summed E-state index contributed by atoms with van der Waals surface area (Å²) in [6.45, 7) is 6.23. The van der Waals surface area contributed by atoms with E-state index in [0.29, 0.717) is 0 Å². The van der Waals surface area contributed by atoms with Crippen molar-refractivity contribution in [3.63, 3.8) is 0 Å². The SMILES string of the molecule is COc1ccc(C[NH+]2CCN(C(=S)NCCSc3ccccc3)CC2)cc1. The quantitative estimate of drug-likeness (QED) is 0.420. The fraction of sp³-hybridized carbons (Fsp3) is 0.381. The van der Waals surface area contributed by atoms with Gasteiger partial charge in [0.05, 0.1) is 33.3 Å². The first-order valence-electron chi connectivity index (χ1n) is 9.42. The van der Waals surface area contributed by atoms with Gasteiger partial charge in [0.15, 0.2) is 5.11 Å². The zero-order valence-electron chi connectivity index (χ0n) is 15.8. The number of thiocarbonyl (C=S) groups is 1. The van der Waals surface area contributed by atoms with Crippen LogP contribution >= 0.6 is 24.0 Å². The number of ether oxygens (including phenoxy) is 1. The third-order valence-electron chi connectivity index (χ3n) is 4.76. The number of nitrogens with one attached hydrogen (secondary N) is 2. The average Bonchev–Trinajstić information content (AvgIpc) is 2.73. The molecular formula is C21H28N3OS2+. The Kier molecular flexibility index (Phi) is 7.80. The van der Waals surface area contributed by atoms with Crippen LogP contribution in [0.15, 0.2) is 59.5 Å². The van der Waals surface area contributed by atoms with Crippen LogP contribution in [-0.4, -0.2) is 55.6 Å². The molecule has 0 spiro atoms. The summed E-state index contributed by atoms with van der Waals surface area (Å²) in [5.41, 5.74) is 1.36. The van der Waals surface area contributed by atoms with Crippen LogP contribution in [0.2, 0.25) is 0 Å². The molecule has 0 saturated carbocycles. The lowest BCUT2D eigenvalue weighted by molar-refractivity contribution is -0.917. The lowest BCUT2D eigenvalue weighted by Gasteiger charge is -2.34. The number of hydrogen-bond donors (Lipinski definition) is 2. The number of piperazine rings is 1. The number of nitrogens with zero attached hydrogens (tertiary/aromatic N) is 1. The molecule has 144 valence electrons. The molecule has 0 aliphatic carbocycles. The molecule has 0 radical (unpaired) electrons. The van der Waals surface area contributed by atoms with Gasteiger partial charge >= 0.3 is 0 Å². The van der Waals surface area contributed by atoms with Gasteiger partial charge in [0.25, 0.3) is 0 Å². The zero-order valence-corrected chi connectivity index (χ0v) is 17.5. The topological polar surface area (TPSA) is 28.9 Å². The van der Waals surface area contributed by atoms with Gasteiger partial charge in [0.1, 0.15) is 12.3 Å². The molecule has 1 aliphatic heterocycles. The van der Waals surface area contributed by atoms with E-state index in [2.05, 4.69) is 46.6 Å². The normalized spacial score (nSPS) is 14.8. The van der Waals surface area contributed by atoms with Crippen molar-refractivity contribution in [1.82, 2.24) is 10.2 Å². The van der Waals surface area contributed by atoms with Gasteiger partial charge in [-0.05, 0) is 48.6 Å².